The second-order valence-electron chi connectivity index (χ2n) is 1.48. The van der Waals surface area contributed by atoms with E-state index in [2.05, 4.69) is 11.6 Å². The number of nitrogens with zero attached hydrogens (tertiary/aromatic N) is 1. The maximum absolute atomic E-state index is 3.88. The van der Waals surface area contributed by atoms with Gasteiger partial charge in [-0.3, -0.25) is 4.99 Å². The minimum Gasteiger partial charge on any atom is -0.269 e. The zero-order chi connectivity index (χ0) is 6.41. The lowest BCUT2D eigenvalue weighted by atomic mass is 10.3. The average Bonchev–Trinajstić information content (AvgIpc) is 1.83. The quantitative estimate of drug-likeness (QED) is 0.380. The Balaban J connectivity index is 3.74. The van der Waals surface area contributed by atoms with E-state index in [0.29, 0.717) is 0 Å². The van der Waals surface area contributed by atoms with Crippen LogP contribution in [0.2, 0.25) is 0 Å². The van der Waals surface area contributed by atoms with Crippen LogP contribution in [-0.2, 0) is 0 Å². The standard InChI is InChI=1S/C7H11N/c1-4-7(3)6-8-5-2/h4-6H,1H2,2-3H3/b7-6-,8-5?. The Kier molecular flexibility index (Phi) is 3.85. The van der Waals surface area contributed by atoms with Crippen molar-refractivity contribution in [2.24, 2.45) is 4.99 Å². The van der Waals surface area contributed by atoms with Gasteiger partial charge in [0.05, 0.1) is 0 Å². The van der Waals surface area contributed by atoms with Crippen LogP contribution in [0, 0.1) is 0 Å². The van der Waals surface area contributed by atoms with Gasteiger partial charge in [-0.05, 0) is 19.4 Å². The lowest BCUT2D eigenvalue weighted by Gasteiger charge is -1.81. The van der Waals surface area contributed by atoms with Gasteiger partial charge in [0.25, 0.3) is 0 Å². The first-order valence-corrected chi connectivity index (χ1v) is 2.58. The molecule has 0 saturated carbocycles. The molecule has 0 amide bonds. The van der Waals surface area contributed by atoms with Crippen molar-refractivity contribution < 1.29 is 0 Å². The molecule has 0 N–H and O–H groups in total. The van der Waals surface area contributed by atoms with Gasteiger partial charge >= 0.3 is 0 Å². The zero-order valence-electron chi connectivity index (χ0n) is 5.39. The lowest BCUT2D eigenvalue weighted by Crippen LogP contribution is -1.62. The number of allylic oxidation sites excluding steroid dienone is 2. The molecule has 0 saturated heterocycles. The summed E-state index contributed by atoms with van der Waals surface area (Å²) in [4.78, 5) is 3.88. The fourth-order valence-corrected chi connectivity index (χ4v) is 0.245. The predicted molar refractivity (Wildman–Crippen MR) is 38.1 cm³/mol. The van der Waals surface area contributed by atoms with Crippen LogP contribution in [0.4, 0.5) is 0 Å². The molecule has 0 aromatic rings. The first-order valence-electron chi connectivity index (χ1n) is 2.58. The minimum absolute atomic E-state index is 1.09. The highest BCUT2D eigenvalue weighted by molar-refractivity contribution is 5.54. The van der Waals surface area contributed by atoms with Crippen molar-refractivity contribution >= 4 is 6.21 Å². The molecule has 0 radical (unpaired) electrons. The van der Waals surface area contributed by atoms with Crippen molar-refractivity contribution in [1.29, 1.82) is 0 Å². The third kappa shape index (κ3) is 3.34. The molecule has 0 aliphatic rings. The van der Waals surface area contributed by atoms with E-state index >= 15 is 0 Å². The summed E-state index contributed by atoms with van der Waals surface area (Å²) < 4.78 is 0. The zero-order valence-corrected chi connectivity index (χ0v) is 5.39. The van der Waals surface area contributed by atoms with Crippen LogP contribution in [0.1, 0.15) is 13.8 Å². The Morgan fingerprint density at radius 1 is 1.62 bits per heavy atom. The molecule has 1 heteroatoms. The Morgan fingerprint density at radius 2 is 2.25 bits per heavy atom. The van der Waals surface area contributed by atoms with Crippen molar-refractivity contribution in [3.8, 4) is 0 Å². The normalized spacial score (nSPS) is 12.5. The molecule has 0 unspecified atom stereocenters. The van der Waals surface area contributed by atoms with Crippen molar-refractivity contribution in [3.05, 3.63) is 24.4 Å². The Labute approximate surface area is 50.4 Å². The number of hydrogen-bond donors (Lipinski definition) is 0. The molecule has 0 spiro atoms. The summed E-state index contributed by atoms with van der Waals surface area (Å²) in [5, 5.41) is 0. The third-order valence-electron chi connectivity index (χ3n) is 0.749. The van der Waals surface area contributed by atoms with E-state index in [4.69, 9.17) is 0 Å². The van der Waals surface area contributed by atoms with Gasteiger partial charge in [-0.1, -0.05) is 12.7 Å². The molecule has 44 valence electrons. The number of rotatable bonds is 2. The molecular weight excluding hydrogens is 98.1 g/mol. The number of hydrogen-bond acceptors (Lipinski definition) is 1. The monoisotopic (exact) mass is 109 g/mol. The van der Waals surface area contributed by atoms with Gasteiger partial charge in [-0.2, -0.15) is 0 Å². The SMILES string of the molecule is C=C/C(C)=C\N=CC. The highest BCUT2D eigenvalue weighted by atomic mass is 14.7. The van der Waals surface area contributed by atoms with Crippen LogP contribution < -0.4 is 0 Å². The summed E-state index contributed by atoms with van der Waals surface area (Å²) in [5.41, 5.74) is 1.09. The second kappa shape index (κ2) is 4.31. The van der Waals surface area contributed by atoms with Crippen LogP contribution in [0.5, 0.6) is 0 Å². The molecule has 0 fully saturated rings. The molecule has 0 bridgehead atoms. The Bertz CT molecular complexity index is 120. The summed E-state index contributed by atoms with van der Waals surface area (Å²) in [6.07, 6.45) is 5.28. The van der Waals surface area contributed by atoms with Gasteiger partial charge in [0.2, 0.25) is 0 Å². The predicted octanol–water partition coefficient (Wildman–Crippen LogP) is 2.17. The van der Waals surface area contributed by atoms with E-state index in [0.717, 1.165) is 5.57 Å². The molecule has 0 aromatic heterocycles. The fraction of sp³-hybridized carbons (Fsp3) is 0.286. The summed E-state index contributed by atoms with van der Waals surface area (Å²) in [5.74, 6) is 0. The molecule has 1 nitrogen and oxygen atoms in total. The number of aliphatic imine (C=N–C) groups is 1. The van der Waals surface area contributed by atoms with Gasteiger partial charge in [-0.25, -0.2) is 0 Å². The molecule has 8 heavy (non-hydrogen) atoms. The summed E-state index contributed by atoms with van der Waals surface area (Å²) in [6, 6.07) is 0. The summed E-state index contributed by atoms with van der Waals surface area (Å²) >= 11 is 0. The Morgan fingerprint density at radius 3 is 2.62 bits per heavy atom. The van der Waals surface area contributed by atoms with Crippen LogP contribution in [0.25, 0.3) is 0 Å². The molecule has 0 atom stereocenters. The largest absolute Gasteiger partial charge is 0.269 e. The van der Waals surface area contributed by atoms with Gasteiger partial charge in [0, 0.05) is 12.4 Å². The van der Waals surface area contributed by atoms with Crippen LogP contribution in [0.15, 0.2) is 29.4 Å². The average molecular weight is 109 g/mol. The minimum atomic E-state index is 1.09. The van der Waals surface area contributed by atoms with E-state index in [1.165, 1.54) is 0 Å². The molecular formula is C7H11N. The topological polar surface area (TPSA) is 12.4 Å². The van der Waals surface area contributed by atoms with E-state index in [-0.39, 0.29) is 0 Å². The van der Waals surface area contributed by atoms with Crippen molar-refractivity contribution in [3.63, 3.8) is 0 Å². The van der Waals surface area contributed by atoms with Gasteiger partial charge in [0.1, 0.15) is 0 Å². The van der Waals surface area contributed by atoms with E-state index in [1.807, 2.05) is 13.8 Å². The molecule has 0 rings (SSSR count). The van der Waals surface area contributed by atoms with Crippen molar-refractivity contribution in [2.45, 2.75) is 13.8 Å². The highest BCUT2D eigenvalue weighted by Gasteiger charge is 1.71. The lowest BCUT2D eigenvalue weighted by molar-refractivity contribution is 1.44. The highest BCUT2D eigenvalue weighted by Crippen LogP contribution is 1.90. The van der Waals surface area contributed by atoms with Gasteiger partial charge < -0.3 is 0 Å². The molecule has 0 aliphatic heterocycles. The van der Waals surface area contributed by atoms with Gasteiger partial charge in [-0.15, -0.1) is 0 Å². The van der Waals surface area contributed by atoms with Crippen LogP contribution in [0.3, 0.4) is 0 Å². The van der Waals surface area contributed by atoms with Crippen LogP contribution in [-0.4, -0.2) is 6.21 Å². The fourth-order valence-electron chi connectivity index (χ4n) is 0.245. The molecule has 0 heterocycles. The summed E-state index contributed by atoms with van der Waals surface area (Å²) in [7, 11) is 0. The van der Waals surface area contributed by atoms with E-state index in [1.54, 1.807) is 18.5 Å². The maximum Gasteiger partial charge on any atom is 0.0292 e. The third-order valence-corrected chi connectivity index (χ3v) is 0.749. The van der Waals surface area contributed by atoms with Crippen LogP contribution >= 0.6 is 0 Å². The maximum atomic E-state index is 3.88. The van der Waals surface area contributed by atoms with Crippen molar-refractivity contribution in [1.82, 2.24) is 0 Å². The molecule has 0 aliphatic carbocycles. The first kappa shape index (κ1) is 7.15. The summed E-state index contributed by atoms with van der Waals surface area (Å²) in [6.45, 7) is 7.41. The molecule has 0 aromatic carbocycles. The first-order chi connectivity index (χ1) is 3.81. The van der Waals surface area contributed by atoms with Gasteiger partial charge in [0.15, 0.2) is 0 Å². The van der Waals surface area contributed by atoms with E-state index < -0.39 is 0 Å². The Hall–Kier alpha value is -0.850. The smallest absolute Gasteiger partial charge is 0.0292 e. The van der Waals surface area contributed by atoms with E-state index in [9.17, 15) is 0 Å². The second-order valence-corrected chi connectivity index (χ2v) is 1.48. The van der Waals surface area contributed by atoms with Crippen molar-refractivity contribution in [2.75, 3.05) is 0 Å².